The van der Waals surface area contributed by atoms with Crippen molar-refractivity contribution in [1.29, 1.82) is 0 Å². The molecule has 2 aromatic carbocycles. The first-order valence-corrected chi connectivity index (χ1v) is 9.47. The van der Waals surface area contributed by atoms with Crippen LogP contribution in [-0.4, -0.2) is 48.9 Å². The predicted octanol–water partition coefficient (Wildman–Crippen LogP) is 3.31. The van der Waals surface area contributed by atoms with Gasteiger partial charge >= 0.3 is 0 Å². The number of carbonyl (C=O) groups excluding carboxylic acids is 2. The Morgan fingerprint density at radius 3 is 2.63 bits per heavy atom. The minimum absolute atomic E-state index is 0.0458. The molecule has 1 heterocycles. The Labute approximate surface area is 160 Å². The number of amides is 2. The third kappa shape index (κ3) is 4.41. The fourth-order valence-electron chi connectivity index (χ4n) is 3.72. The van der Waals surface area contributed by atoms with Gasteiger partial charge in [0.05, 0.1) is 13.0 Å². The van der Waals surface area contributed by atoms with Crippen molar-refractivity contribution in [2.45, 2.75) is 26.8 Å². The van der Waals surface area contributed by atoms with Gasteiger partial charge in [-0.2, -0.15) is 0 Å². The van der Waals surface area contributed by atoms with E-state index in [-0.39, 0.29) is 17.7 Å². The van der Waals surface area contributed by atoms with Crippen molar-refractivity contribution in [3.8, 4) is 5.75 Å². The lowest BCUT2D eigenvalue weighted by atomic mass is 10.0. The highest BCUT2D eigenvalue weighted by molar-refractivity contribution is 5.89. The highest BCUT2D eigenvalue weighted by Crippen LogP contribution is 2.24. The lowest BCUT2D eigenvalue weighted by Crippen LogP contribution is -2.35. The molecule has 27 heavy (non-hydrogen) atoms. The quantitative estimate of drug-likeness (QED) is 0.786. The number of hydrogen-bond donors (Lipinski definition) is 0. The SMILES string of the molecule is COc1ccc2cc(CN(C)C(=O)C3CC(=O)N(CC(C)C)C3)ccc2c1. The van der Waals surface area contributed by atoms with Gasteiger partial charge in [0.25, 0.3) is 0 Å². The number of fused-ring (bicyclic) bond motifs is 1. The van der Waals surface area contributed by atoms with E-state index in [2.05, 4.69) is 26.0 Å². The average molecular weight is 368 g/mol. The minimum atomic E-state index is -0.231. The van der Waals surface area contributed by atoms with Gasteiger partial charge in [-0.25, -0.2) is 0 Å². The van der Waals surface area contributed by atoms with E-state index in [1.807, 2.05) is 36.2 Å². The summed E-state index contributed by atoms with van der Waals surface area (Å²) in [4.78, 5) is 28.5. The van der Waals surface area contributed by atoms with Gasteiger partial charge in [0, 0.05) is 33.1 Å². The molecule has 1 saturated heterocycles. The maximum atomic E-state index is 12.8. The van der Waals surface area contributed by atoms with Crippen LogP contribution in [-0.2, 0) is 16.1 Å². The van der Waals surface area contributed by atoms with Crippen molar-refractivity contribution in [1.82, 2.24) is 9.80 Å². The normalized spacial score (nSPS) is 17.0. The number of nitrogens with zero attached hydrogens (tertiary/aromatic N) is 2. The van der Waals surface area contributed by atoms with Gasteiger partial charge in [0.1, 0.15) is 5.75 Å². The van der Waals surface area contributed by atoms with E-state index in [9.17, 15) is 9.59 Å². The van der Waals surface area contributed by atoms with Crippen LogP contribution < -0.4 is 4.74 Å². The Balaban J connectivity index is 1.66. The number of methoxy groups -OCH3 is 1. The molecule has 0 aromatic heterocycles. The van der Waals surface area contributed by atoms with Gasteiger partial charge in [-0.05, 0) is 40.5 Å². The van der Waals surface area contributed by atoms with Crippen LogP contribution in [0, 0.1) is 11.8 Å². The Morgan fingerprint density at radius 1 is 1.22 bits per heavy atom. The first-order valence-electron chi connectivity index (χ1n) is 9.47. The maximum absolute atomic E-state index is 12.8. The fraction of sp³-hybridized carbons (Fsp3) is 0.455. The van der Waals surface area contributed by atoms with E-state index in [0.717, 1.165) is 28.6 Å². The van der Waals surface area contributed by atoms with Gasteiger partial charge < -0.3 is 14.5 Å². The molecule has 0 aliphatic carbocycles. The number of likely N-dealkylation sites (tertiary alicyclic amines) is 1. The molecule has 0 bridgehead atoms. The highest BCUT2D eigenvalue weighted by Gasteiger charge is 2.35. The summed E-state index contributed by atoms with van der Waals surface area (Å²) in [6, 6.07) is 12.2. The summed E-state index contributed by atoms with van der Waals surface area (Å²) in [6.07, 6.45) is 0.327. The molecule has 1 aliphatic heterocycles. The Bertz CT molecular complexity index is 847. The Kier molecular flexibility index (Phi) is 5.68. The van der Waals surface area contributed by atoms with Crippen LogP contribution >= 0.6 is 0 Å². The topological polar surface area (TPSA) is 49.9 Å². The number of rotatable bonds is 6. The van der Waals surface area contributed by atoms with Crippen LogP contribution in [0.1, 0.15) is 25.8 Å². The molecule has 5 nitrogen and oxygen atoms in total. The van der Waals surface area contributed by atoms with E-state index in [4.69, 9.17) is 4.74 Å². The molecule has 1 unspecified atom stereocenters. The molecule has 0 N–H and O–H groups in total. The van der Waals surface area contributed by atoms with E-state index < -0.39 is 0 Å². The number of carbonyl (C=O) groups is 2. The van der Waals surface area contributed by atoms with Gasteiger partial charge in [-0.15, -0.1) is 0 Å². The standard InChI is InChI=1S/C22H28N2O3/c1-15(2)12-24-14-19(11-21(24)25)22(26)23(3)13-16-5-6-18-10-20(27-4)8-7-17(18)9-16/h5-10,15,19H,11-14H2,1-4H3. The second-order valence-electron chi connectivity index (χ2n) is 7.84. The van der Waals surface area contributed by atoms with Crippen LogP contribution in [0.3, 0.4) is 0 Å². The van der Waals surface area contributed by atoms with E-state index in [1.165, 1.54) is 0 Å². The second-order valence-corrected chi connectivity index (χ2v) is 7.84. The summed E-state index contributed by atoms with van der Waals surface area (Å²) in [6.45, 7) is 5.97. The van der Waals surface area contributed by atoms with E-state index in [0.29, 0.717) is 25.4 Å². The minimum Gasteiger partial charge on any atom is -0.497 e. The zero-order valence-electron chi connectivity index (χ0n) is 16.6. The molecule has 2 amide bonds. The number of ether oxygens (including phenoxy) is 1. The van der Waals surface area contributed by atoms with Gasteiger partial charge in [0.2, 0.25) is 11.8 Å². The Morgan fingerprint density at radius 2 is 1.93 bits per heavy atom. The zero-order valence-corrected chi connectivity index (χ0v) is 16.6. The average Bonchev–Trinajstić information content (AvgIpc) is 3.00. The van der Waals surface area contributed by atoms with Crippen LogP contribution in [0.25, 0.3) is 10.8 Å². The lowest BCUT2D eigenvalue weighted by molar-refractivity contribution is -0.135. The molecule has 0 radical (unpaired) electrons. The summed E-state index contributed by atoms with van der Waals surface area (Å²) in [5.74, 6) is 1.15. The molecule has 1 fully saturated rings. The first-order chi connectivity index (χ1) is 12.9. The van der Waals surface area contributed by atoms with Gasteiger partial charge in [0.15, 0.2) is 0 Å². The second kappa shape index (κ2) is 7.99. The highest BCUT2D eigenvalue weighted by atomic mass is 16.5. The molecule has 1 atom stereocenters. The molecule has 0 spiro atoms. The summed E-state index contributed by atoms with van der Waals surface area (Å²) in [7, 11) is 3.47. The van der Waals surface area contributed by atoms with Crippen molar-refractivity contribution < 1.29 is 14.3 Å². The number of hydrogen-bond acceptors (Lipinski definition) is 3. The largest absolute Gasteiger partial charge is 0.497 e. The molecular formula is C22H28N2O3. The summed E-state index contributed by atoms with van der Waals surface area (Å²) in [5.41, 5.74) is 1.08. The van der Waals surface area contributed by atoms with E-state index >= 15 is 0 Å². The van der Waals surface area contributed by atoms with E-state index in [1.54, 1.807) is 12.0 Å². The lowest BCUT2D eigenvalue weighted by Gasteiger charge is -2.22. The molecular weight excluding hydrogens is 340 g/mol. The van der Waals surface area contributed by atoms with Crippen LogP contribution in [0.2, 0.25) is 0 Å². The summed E-state index contributed by atoms with van der Waals surface area (Å²) < 4.78 is 5.26. The van der Waals surface area contributed by atoms with Gasteiger partial charge in [-0.1, -0.05) is 32.0 Å². The van der Waals surface area contributed by atoms with Crippen molar-refractivity contribution in [2.24, 2.45) is 11.8 Å². The predicted molar refractivity (Wildman–Crippen MR) is 106 cm³/mol. The molecule has 144 valence electrons. The first kappa shape index (κ1) is 19.2. The zero-order chi connectivity index (χ0) is 19.6. The molecule has 5 heteroatoms. The molecule has 0 saturated carbocycles. The third-order valence-corrected chi connectivity index (χ3v) is 5.06. The third-order valence-electron chi connectivity index (χ3n) is 5.06. The van der Waals surface area contributed by atoms with Crippen LogP contribution in [0.5, 0.6) is 5.75 Å². The molecule has 1 aliphatic rings. The van der Waals surface area contributed by atoms with Crippen molar-refractivity contribution in [3.63, 3.8) is 0 Å². The van der Waals surface area contributed by atoms with Crippen molar-refractivity contribution >= 4 is 22.6 Å². The monoisotopic (exact) mass is 368 g/mol. The van der Waals surface area contributed by atoms with Gasteiger partial charge in [-0.3, -0.25) is 9.59 Å². The summed E-state index contributed by atoms with van der Waals surface area (Å²) in [5, 5.41) is 2.23. The smallest absolute Gasteiger partial charge is 0.228 e. The molecule has 3 rings (SSSR count). The van der Waals surface area contributed by atoms with Crippen molar-refractivity contribution in [3.05, 3.63) is 42.0 Å². The van der Waals surface area contributed by atoms with Crippen molar-refractivity contribution in [2.75, 3.05) is 27.2 Å². The summed E-state index contributed by atoms with van der Waals surface area (Å²) >= 11 is 0. The number of benzene rings is 2. The Hall–Kier alpha value is -2.56. The maximum Gasteiger partial charge on any atom is 0.228 e. The fourth-order valence-corrected chi connectivity index (χ4v) is 3.72. The van der Waals surface area contributed by atoms with Crippen LogP contribution in [0.4, 0.5) is 0 Å². The molecule has 2 aromatic rings. The van der Waals surface area contributed by atoms with Crippen LogP contribution in [0.15, 0.2) is 36.4 Å².